The number of hydrogen-bond donors (Lipinski definition) is 1. The molecule has 0 atom stereocenters. The van der Waals surface area contributed by atoms with Gasteiger partial charge in [-0.2, -0.15) is 5.10 Å². The van der Waals surface area contributed by atoms with Gasteiger partial charge in [-0.15, -0.1) is 0 Å². The number of benzene rings is 1. The van der Waals surface area contributed by atoms with Crippen LogP contribution in [0.4, 0.5) is 5.69 Å². The van der Waals surface area contributed by atoms with Crippen LogP contribution in [0, 0.1) is 6.92 Å². The van der Waals surface area contributed by atoms with Gasteiger partial charge in [-0.05, 0) is 43.3 Å². The van der Waals surface area contributed by atoms with E-state index in [2.05, 4.69) is 10.4 Å². The summed E-state index contributed by atoms with van der Waals surface area (Å²) >= 11 is 5.82. The third-order valence-electron chi connectivity index (χ3n) is 3.56. The molecule has 124 valence electrons. The molecule has 2 heterocycles. The van der Waals surface area contributed by atoms with Gasteiger partial charge in [0, 0.05) is 12.1 Å². The highest BCUT2D eigenvalue weighted by molar-refractivity contribution is 6.30. The van der Waals surface area contributed by atoms with Crippen LogP contribution < -0.4 is 10.1 Å². The predicted octanol–water partition coefficient (Wildman–Crippen LogP) is 3.81. The van der Waals surface area contributed by atoms with Crippen molar-refractivity contribution in [2.45, 2.75) is 13.5 Å². The number of nitrogens with one attached hydrogen (secondary N) is 1. The van der Waals surface area contributed by atoms with Crippen molar-refractivity contribution in [1.82, 2.24) is 9.78 Å². The minimum atomic E-state index is -0.330. The fraction of sp³-hybridized carbons (Fsp3) is 0.176. The summed E-state index contributed by atoms with van der Waals surface area (Å²) in [5.41, 5.74) is 1.51. The zero-order valence-electron chi connectivity index (χ0n) is 13.2. The standard InChI is InChI=1S/C17H16ClN3O3/c1-11-15(9-19-21(11)2)20-17(22)16-8-7-14(24-16)10-23-13-5-3-12(18)4-6-13/h3-9H,10H2,1-2H3,(H,20,22). The van der Waals surface area contributed by atoms with E-state index < -0.39 is 0 Å². The molecule has 0 radical (unpaired) electrons. The van der Waals surface area contributed by atoms with Crippen LogP contribution in [0.25, 0.3) is 0 Å². The molecule has 0 unspecified atom stereocenters. The Hall–Kier alpha value is -2.73. The molecule has 1 N–H and O–H groups in total. The van der Waals surface area contributed by atoms with E-state index in [4.69, 9.17) is 20.8 Å². The summed E-state index contributed by atoms with van der Waals surface area (Å²) in [4.78, 5) is 12.2. The van der Waals surface area contributed by atoms with Crippen LogP contribution in [0.5, 0.6) is 5.75 Å². The second kappa shape index (κ2) is 6.80. The molecule has 0 aliphatic carbocycles. The van der Waals surface area contributed by atoms with E-state index in [0.29, 0.717) is 22.2 Å². The van der Waals surface area contributed by atoms with Crippen molar-refractivity contribution >= 4 is 23.2 Å². The molecule has 0 aliphatic rings. The topological polar surface area (TPSA) is 69.3 Å². The molecule has 0 bridgehead atoms. The fourth-order valence-corrected chi connectivity index (χ4v) is 2.19. The zero-order chi connectivity index (χ0) is 17.1. The Morgan fingerprint density at radius 1 is 1.29 bits per heavy atom. The van der Waals surface area contributed by atoms with Gasteiger partial charge in [0.15, 0.2) is 5.76 Å². The number of carbonyl (C=O) groups is 1. The number of amides is 1. The van der Waals surface area contributed by atoms with Crippen molar-refractivity contribution in [3.8, 4) is 5.75 Å². The Morgan fingerprint density at radius 3 is 2.71 bits per heavy atom. The predicted molar refractivity (Wildman–Crippen MR) is 90.4 cm³/mol. The van der Waals surface area contributed by atoms with E-state index in [9.17, 15) is 4.79 Å². The SMILES string of the molecule is Cc1c(NC(=O)c2ccc(COc3ccc(Cl)cc3)o2)cnn1C. The Labute approximate surface area is 144 Å². The first kappa shape index (κ1) is 16.1. The number of ether oxygens (including phenoxy) is 1. The smallest absolute Gasteiger partial charge is 0.291 e. The number of aryl methyl sites for hydroxylation is 1. The van der Waals surface area contributed by atoms with Crippen LogP contribution in [0.15, 0.2) is 47.0 Å². The summed E-state index contributed by atoms with van der Waals surface area (Å²) in [7, 11) is 1.81. The van der Waals surface area contributed by atoms with Crippen LogP contribution >= 0.6 is 11.6 Å². The lowest BCUT2D eigenvalue weighted by molar-refractivity contribution is 0.0992. The molecule has 2 aromatic heterocycles. The highest BCUT2D eigenvalue weighted by atomic mass is 35.5. The van der Waals surface area contributed by atoms with Crippen LogP contribution in [0.3, 0.4) is 0 Å². The monoisotopic (exact) mass is 345 g/mol. The molecule has 1 aromatic carbocycles. The number of anilines is 1. The fourth-order valence-electron chi connectivity index (χ4n) is 2.07. The molecule has 0 saturated heterocycles. The average Bonchev–Trinajstić information content (AvgIpc) is 3.17. The first-order valence-electron chi connectivity index (χ1n) is 7.30. The number of nitrogens with zero attached hydrogens (tertiary/aromatic N) is 2. The molecule has 1 amide bonds. The first-order valence-corrected chi connectivity index (χ1v) is 7.68. The summed E-state index contributed by atoms with van der Waals surface area (Å²) in [5.74, 6) is 1.11. The first-order chi connectivity index (χ1) is 11.5. The number of furan rings is 1. The van der Waals surface area contributed by atoms with Gasteiger partial charge in [0.1, 0.15) is 18.1 Å². The normalized spacial score (nSPS) is 10.6. The molecule has 3 rings (SSSR count). The number of rotatable bonds is 5. The maximum absolute atomic E-state index is 12.2. The average molecular weight is 346 g/mol. The maximum Gasteiger partial charge on any atom is 0.291 e. The Kier molecular flexibility index (Phi) is 4.57. The van der Waals surface area contributed by atoms with E-state index in [0.717, 1.165) is 5.69 Å². The van der Waals surface area contributed by atoms with Crippen molar-refractivity contribution in [2.24, 2.45) is 7.05 Å². The van der Waals surface area contributed by atoms with Crippen LogP contribution in [-0.2, 0) is 13.7 Å². The van der Waals surface area contributed by atoms with Crippen molar-refractivity contribution in [3.05, 3.63) is 64.8 Å². The quantitative estimate of drug-likeness (QED) is 0.763. The lowest BCUT2D eigenvalue weighted by Crippen LogP contribution is -2.11. The van der Waals surface area contributed by atoms with Gasteiger partial charge in [-0.1, -0.05) is 11.6 Å². The molecule has 0 fully saturated rings. The number of carbonyl (C=O) groups excluding carboxylic acids is 1. The zero-order valence-corrected chi connectivity index (χ0v) is 14.0. The Bertz CT molecular complexity index is 852. The van der Waals surface area contributed by atoms with Gasteiger partial charge in [0.2, 0.25) is 0 Å². The van der Waals surface area contributed by atoms with Gasteiger partial charge in [-0.25, -0.2) is 0 Å². The largest absolute Gasteiger partial charge is 0.486 e. The number of aromatic nitrogens is 2. The third-order valence-corrected chi connectivity index (χ3v) is 3.82. The summed E-state index contributed by atoms with van der Waals surface area (Å²) in [5, 5.41) is 7.49. The molecular weight excluding hydrogens is 330 g/mol. The molecular formula is C17H16ClN3O3. The molecule has 0 spiro atoms. The van der Waals surface area contributed by atoms with Gasteiger partial charge in [0.05, 0.1) is 17.6 Å². The molecule has 0 aliphatic heterocycles. The summed E-state index contributed by atoms with van der Waals surface area (Å²) in [6.07, 6.45) is 1.60. The van der Waals surface area contributed by atoms with Crippen LogP contribution in [-0.4, -0.2) is 15.7 Å². The lowest BCUT2D eigenvalue weighted by atomic mass is 10.3. The van der Waals surface area contributed by atoms with E-state index >= 15 is 0 Å². The van der Waals surface area contributed by atoms with E-state index in [1.165, 1.54) is 0 Å². The third kappa shape index (κ3) is 3.60. The van der Waals surface area contributed by atoms with E-state index in [1.54, 1.807) is 47.3 Å². The highest BCUT2D eigenvalue weighted by Crippen LogP contribution is 2.19. The molecule has 0 saturated carbocycles. The summed E-state index contributed by atoms with van der Waals surface area (Å²) in [6.45, 7) is 2.09. The molecule has 3 aromatic rings. The van der Waals surface area contributed by atoms with Crippen LogP contribution in [0.2, 0.25) is 5.02 Å². The van der Waals surface area contributed by atoms with Gasteiger partial charge in [-0.3, -0.25) is 9.48 Å². The highest BCUT2D eigenvalue weighted by Gasteiger charge is 2.14. The Morgan fingerprint density at radius 2 is 2.04 bits per heavy atom. The Balaban J connectivity index is 1.61. The number of halogens is 1. The summed E-state index contributed by atoms with van der Waals surface area (Å²) in [6, 6.07) is 10.3. The second-order valence-corrected chi connectivity index (χ2v) is 5.67. The van der Waals surface area contributed by atoms with Gasteiger partial charge in [0.25, 0.3) is 5.91 Å². The van der Waals surface area contributed by atoms with Crippen molar-refractivity contribution < 1.29 is 13.9 Å². The van der Waals surface area contributed by atoms with Crippen LogP contribution in [0.1, 0.15) is 22.0 Å². The van der Waals surface area contributed by atoms with Gasteiger partial charge >= 0.3 is 0 Å². The molecule has 7 heteroatoms. The summed E-state index contributed by atoms with van der Waals surface area (Å²) < 4.78 is 12.8. The van der Waals surface area contributed by atoms with Crippen molar-refractivity contribution in [1.29, 1.82) is 0 Å². The minimum absolute atomic E-state index is 0.216. The van der Waals surface area contributed by atoms with Crippen molar-refractivity contribution in [3.63, 3.8) is 0 Å². The number of hydrogen-bond acceptors (Lipinski definition) is 4. The maximum atomic E-state index is 12.2. The van der Waals surface area contributed by atoms with Crippen molar-refractivity contribution in [2.75, 3.05) is 5.32 Å². The molecule has 6 nitrogen and oxygen atoms in total. The minimum Gasteiger partial charge on any atom is -0.486 e. The lowest BCUT2D eigenvalue weighted by Gasteiger charge is -2.04. The second-order valence-electron chi connectivity index (χ2n) is 5.23. The molecule has 24 heavy (non-hydrogen) atoms. The van der Waals surface area contributed by atoms with Gasteiger partial charge < -0.3 is 14.5 Å². The van der Waals surface area contributed by atoms with E-state index in [-0.39, 0.29) is 18.3 Å². The van der Waals surface area contributed by atoms with E-state index in [1.807, 2.05) is 14.0 Å².